The molecule has 1 aromatic rings. The minimum atomic E-state index is -1.08. The molecule has 0 saturated carbocycles. The van der Waals surface area contributed by atoms with Crippen molar-refractivity contribution in [3.05, 3.63) is 29.8 Å². The first kappa shape index (κ1) is 14.5. The van der Waals surface area contributed by atoms with Crippen molar-refractivity contribution in [2.45, 2.75) is 26.8 Å². The zero-order valence-corrected chi connectivity index (χ0v) is 11.1. The Morgan fingerprint density at radius 1 is 1.33 bits per heavy atom. The van der Waals surface area contributed by atoms with Crippen molar-refractivity contribution in [3.8, 4) is 5.75 Å². The highest BCUT2D eigenvalue weighted by Crippen LogP contribution is 2.12. The molecular weight excluding hydrogens is 230 g/mol. The van der Waals surface area contributed by atoms with Gasteiger partial charge in [-0.1, -0.05) is 12.1 Å². The van der Waals surface area contributed by atoms with E-state index >= 15 is 0 Å². The van der Waals surface area contributed by atoms with Crippen LogP contribution in [0.3, 0.4) is 0 Å². The predicted molar refractivity (Wildman–Crippen MR) is 67.3 cm³/mol. The number of carbonyl (C=O) groups excluding carboxylic acids is 1. The third kappa shape index (κ3) is 5.19. The average molecular weight is 251 g/mol. The molecule has 0 aliphatic carbocycles. The van der Waals surface area contributed by atoms with E-state index in [0.29, 0.717) is 0 Å². The van der Waals surface area contributed by atoms with Gasteiger partial charge in [0.05, 0.1) is 19.7 Å². The van der Waals surface area contributed by atoms with E-state index in [1.165, 1.54) is 10.5 Å². The van der Waals surface area contributed by atoms with Gasteiger partial charge >= 0.3 is 0 Å². The van der Waals surface area contributed by atoms with Crippen LogP contribution in [0.5, 0.6) is 5.75 Å². The maximum absolute atomic E-state index is 10.3. The molecule has 0 heterocycles. The van der Waals surface area contributed by atoms with Crippen molar-refractivity contribution >= 4 is 5.97 Å². The number of carboxylic acid groups (broad SMARTS) is 1. The lowest BCUT2D eigenvalue weighted by Crippen LogP contribution is -3.10. The minimum absolute atomic E-state index is 0.0779. The second kappa shape index (κ2) is 7.71. The Kier molecular flexibility index (Phi) is 6.22. The van der Waals surface area contributed by atoms with Crippen molar-refractivity contribution in [2.75, 3.05) is 19.7 Å². The van der Waals surface area contributed by atoms with E-state index in [4.69, 9.17) is 4.74 Å². The summed E-state index contributed by atoms with van der Waals surface area (Å²) < 4.78 is 5.38. The summed E-state index contributed by atoms with van der Waals surface area (Å²) in [5.41, 5.74) is 1.21. The molecule has 4 heteroatoms. The van der Waals surface area contributed by atoms with Crippen molar-refractivity contribution < 1.29 is 19.5 Å². The Bertz CT molecular complexity index is 375. The van der Waals surface area contributed by atoms with Gasteiger partial charge in [-0.2, -0.15) is 0 Å². The Morgan fingerprint density at radius 2 is 2.06 bits per heavy atom. The highest BCUT2D eigenvalue weighted by Gasteiger charge is 2.05. The van der Waals surface area contributed by atoms with Gasteiger partial charge in [-0.05, 0) is 26.0 Å². The number of quaternary nitrogens is 1. The van der Waals surface area contributed by atoms with Crippen LogP contribution >= 0.6 is 0 Å². The second-order valence-corrected chi connectivity index (χ2v) is 4.25. The van der Waals surface area contributed by atoms with E-state index in [1.54, 1.807) is 0 Å². The number of hydrogen-bond acceptors (Lipinski definition) is 3. The molecule has 1 rings (SSSR count). The van der Waals surface area contributed by atoms with Crippen LogP contribution in [0.2, 0.25) is 0 Å². The molecule has 0 atom stereocenters. The molecule has 0 unspecified atom stereocenters. The molecule has 0 aliphatic heterocycles. The van der Waals surface area contributed by atoms with Crippen LogP contribution in [-0.2, 0) is 11.3 Å². The highest BCUT2D eigenvalue weighted by molar-refractivity contribution is 5.64. The van der Waals surface area contributed by atoms with Crippen molar-refractivity contribution in [3.63, 3.8) is 0 Å². The SMILES string of the molecule is CC[NH+](CC)Cc1cccc(OCCC(=O)[O-])c1. The maximum Gasteiger partial charge on any atom is 0.119 e. The molecule has 0 aliphatic rings. The van der Waals surface area contributed by atoms with Crippen LogP contribution in [0.25, 0.3) is 0 Å². The third-order valence-electron chi connectivity index (χ3n) is 2.93. The van der Waals surface area contributed by atoms with Crippen LogP contribution in [0, 0.1) is 0 Å². The number of carboxylic acids is 1. The zero-order valence-electron chi connectivity index (χ0n) is 11.1. The van der Waals surface area contributed by atoms with Gasteiger partial charge < -0.3 is 19.5 Å². The minimum Gasteiger partial charge on any atom is -0.550 e. The van der Waals surface area contributed by atoms with Gasteiger partial charge in [0.25, 0.3) is 0 Å². The zero-order chi connectivity index (χ0) is 13.4. The van der Waals surface area contributed by atoms with E-state index in [1.807, 2.05) is 18.2 Å². The largest absolute Gasteiger partial charge is 0.550 e. The highest BCUT2D eigenvalue weighted by atomic mass is 16.5. The molecule has 0 bridgehead atoms. The Hall–Kier alpha value is -1.55. The lowest BCUT2D eigenvalue weighted by atomic mass is 10.2. The van der Waals surface area contributed by atoms with Gasteiger partial charge in [-0.25, -0.2) is 0 Å². The third-order valence-corrected chi connectivity index (χ3v) is 2.93. The van der Waals surface area contributed by atoms with Crippen LogP contribution < -0.4 is 14.7 Å². The average Bonchev–Trinajstić information content (AvgIpc) is 2.36. The molecule has 0 amide bonds. The molecule has 18 heavy (non-hydrogen) atoms. The van der Waals surface area contributed by atoms with Gasteiger partial charge in [-0.15, -0.1) is 0 Å². The number of nitrogens with one attached hydrogen (secondary N) is 1. The molecule has 0 saturated heterocycles. The van der Waals surface area contributed by atoms with Crippen LogP contribution in [0.4, 0.5) is 0 Å². The van der Waals surface area contributed by atoms with Crippen LogP contribution in [-0.4, -0.2) is 25.7 Å². The fraction of sp³-hybridized carbons (Fsp3) is 0.500. The number of benzene rings is 1. The number of hydrogen-bond donors (Lipinski definition) is 1. The monoisotopic (exact) mass is 251 g/mol. The van der Waals surface area contributed by atoms with E-state index < -0.39 is 5.97 Å². The van der Waals surface area contributed by atoms with E-state index in [-0.39, 0.29) is 13.0 Å². The van der Waals surface area contributed by atoms with Crippen LogP contribution in [0.1, 0.15) is 25.8 Å². The molecular formula is C14H21NO3. The second-order valence-electron chi connectivity index (χ2n) is 4.25. The van der Waals surface area contributed by atoms with Gasteiger partial charge in [0.2, 0.25) is 0 Å². The first-order valence-electron chi connectivity index (χ1n) is 6.40. The molecule has 1 aromatic carbocycles. The summed E-state index contributed by atoms with van der Waals surface area (Å²) in [6, 6.07) is 7.82. The first-order chi connectivity index (χ1) is 8.65. The first-order valence-corrected chi connectivity index (χ1v) is 6.40. The van der Waals surface area contributed by atoms with Crippen molar-refractivity contribution in [1.82, 2.24) is 0 Å². The molecule has 1 N–H and O–H groups in total. The standard InChI is InChI=1S/C14H21NO3/c1-3-15(4-2)11-12-6-5-7-13(10-12)18-9-8-14(16)17/h5-7,10H,3-4,8-9,11H2,1-2H3,(H,16,17). The Balaban J connectivity index is 2.53. The fourth-order valence-corrected chi connectivity index (χ4v) is 1.79. The van der Waals surface area contributed by atoms with Gasteiger partial charge in [0.15, 0.2) is 0 Å². The van der Waals surface area contributed by atoms with Gasteiger partial charge in [-0.3, -0.25) is 0 Å². The number of rotatable bonds is 8. The number of carbonyl (C=O) groups is 1. The summed E-state index contributed by atoms with van der Waals surface area (Å²) in [5.74, 6) is -0.362. The molecule has 100 valence electrons. The predicted octanol–water partition coefficient (Wildman–Crippen LogP) is -0.370. The summed E-state index contributed by atoms with van der Waals surface area (Å²) in [6.45, 7) is 7.63. The number of aliphatic carboxylic acids is 1. The van der Waals surface area contributed by atoms with Gasteiger partial charge in [0, 0.05) is 18.0 Å². The van der Waals surface area contributed by atoms with E-state index in [9.17, 15) is 9.90 Å². The molecule has 0 radical (unpaired) electrons. The number of ether oxygens (including phenoxy) is 1. The quantitative estimate of drug-likeness (QED) is 0.686. The van der Waals surface area contributed by atoms with Gasteiger partial charge in [0.1, 0.15) is 12.3 Å². The fourth-order valence-electron chi connectivity index (χ4n) is 1.79. The lowest BCUT2D eigenvalue weighted by Gasteiger charge is -2.16. The van der Waals surface area contributed by atoms with Crippen molar-refractivity contribution in [1.29, 1.82) is 0 Å². The lowest BCUT2D eigenvalue weighted by molar-refractivity contribution is -0.910. The maximum atomic E-state index is 10.3. The van der Waals surface area contributed by atoms with Crippen LogP contribution in [0.15, 0.2) is 24.3 Å². The van der Waals surface area contributed by atoms with E-state index in [0.717, 1.165) is 25.4 Å². The summed E-state index contributed by atoms with van der Waals surface area (Å²) >= 11 is 0. The smallest absolute Gasteiger partial charge is 0.119 e. The Morgan fingerprint density at radius 3 is 2.67 bits per heavy atom. The summed E-state index contributed by atoms with van der Waals surface area (Å²) in [4.78, 5) is 11.8. The summed E-state index contributed by atoms with van der Waals surface area (Å²) in [5, 5.41) is 10.3. The molecule has 0 aromatic heterocycles. The van der Waals surface area contributed by atoms with Crippen molar-refractivity contribution in [2.24, 2.45) is 0 Å². The Labute approximate surface area is 108 Å². The summed E-state index contributed by atoms with van der Waals surface area (Å²) in [6.07, 6.45) is -0.0779. The normalized spacial score (nSPS) is 10.6. The molecule has 0 spiro atoms. The topological polar surface area (TPSA) is 53.8 Å². The molecule has 4 nitrogen and oxygen atoms in total. The van der Waals surface area contributed by atoms with E-state index in [2.05, 4.69) is 19.9 Å². The summed E-state index contributed by atoms with van der Waals surface area (Å²) in [7, 11) is 0. The molecule has 0 fully saturated rings.